The number of alkyl halides is 1. The molecule has 23 heavy (non-hydrogen) atoms. The van der Waals surface area contributed by atoms with E-state index in [4.69, 9.17) is 0 Å². The summed E-state index contributed by atoms with van der Waals surface area (Å²) < 4.78 is 0. The second-order valence-corrected chi connectivity index (χ2v) is 6.69. The monoisotopic (exact) mass is 370 g/mol. The molecule has 3 rings (SSSR count). The van der Waals surface area contributed by atoms with Gasteiger partial charge in [-0.1, -0.05) is 71.2 Å². The molecular formula is C20H19BrO2. The predicted molar refractivity (Wildman–Crippen MR) is 95.7 cm³/mol. The van der Waals surface area contributed by atoms with Crippen molar-refractivity contribution in [1.82, 2.24) is 0 Å². The fourth-order valence-electron chi connectivity index (χ4n) is 3.19. The first-order chi connectivity index (χ1) is 11.2. The minimum atomic E-state index is -0.0312. The van der Waals surface area contributed by atoms with Crippen LogP contribution in [0, 0.1) is 0 Å². The number of hydrogen-bond acceptors (Lipinski definition) is 2. The van der Waals surface area contributed by atoms with Crippen molar-refractivity contribution in [1.29, 1.82) is 0 Å². The zero-order valence-corrected chi connectivity index (χ0v) is 14.6. The molecule has 0 aromatic heterocycles. The second-order valence-electron chi connectivity index (χ2n) is 5.90. The van der Waals surface area contributed by atoms with Gasteiger partial charge in [-0.25, -0.2) is 0 Å². The normalized spacial score (nSPS) is 12.9. The molecule has 0 spiro atoms. The fraction of sp³-hybridized carbons (Fsp3) is 0.300. The van der Waals surface area contributed by atoms with E-state index in [1.807, 2.05) is 24.3 Å². The molecule has 2 aromatic carbocycles. The van der Waals surface area contributed by atoms with Crippen LogP contribution in [0.15, 0.2) is 42.5 Å². The number of hydrogen-bond donors (Lipinski definition) is 0. The number of ketones is 2. The molecule has 3 heteroatoms. The van der Waals surface area contributed by atoms with Gasteiger partial charge in [0, 0.05) is 27.6 Å². The number of carbonyl (C=O) groups is 2. The molecular weight excluding hydrogens is 352 g/mol. The maximum atomic E-state index is 12.9. The Hall–Kier alpha value is -1.74. The van der Waals surface area contributed by atoms with E-state index in [-0.39, 0.29) is 11.6 Å². The van der Waals surface area contributed by atoms with Crippen molar-refractivity contribution < 1.29 is 9.59 Å². The van der Waals surface area contributed by atoms with Crippen molar-refractivity contribution in [3.63, 3.8) is 0 Å². The Morgan fingerprint density at radius 2 is 1.35 bits per heavy atom. The summed E-state index contributed by atoms with van der Waals surface area (Å²) in [4.78, 5) is 25.5. The van der Waals surface area contributed by atoms with Crippen molar-refractivity contribution in [3.8, 4) is 0 Å². The molecule has 2 aromatic rings. The zero-order valence-electron chi connectivity index (χ0n) is 13.0. The molecule has 0 radical (unpaired) electrons. The third kappa shape index (κ3) is 3.16. The van der Waals surface area contributed by atoms with Gasteiger partial charge in [0.15, 0.2) is 11.6 Å². The molecule has 118 valence electrons. The van der Waals surface area contributed by atoms with E-state index in [2.05, 4.69) is 15.9 Å². The second kappa shape index (κ2) is 7.22. The van der Waals surface area contributed by atoms with Crippen LogP contribution in [0.3, 0.4) is 0 Å². The highest BCUT2D eigenvalue weighted by Gasteiger charge is 2.30. The number of halogens is 1. The molecule has 0 saturated heterocycles. The maximum Gasteiger partial charge on any atom is 0.194 e. The van der Waals surface area contributed by atoms with E-state index in [0.29, 0.717) is 22.3 Å². The number of carbonyl (C=O) groups excluding carboxylic acids is 2. The van der Waals surface area contributed by atoms with E-state index in [1.165, 1.54) is 12.8 Å². The minimum Gasteiger partial charge on any atom is -0.289 e. The standard InChI is InChI=1S/C20H19BrO2/c21-13-6-2-1-3-8-14-9-7-12-17-18(14)20(23)16-11-5-4-10-15(16)19(17)22/h4-5,7,9-12H,1-3,6,8,13H2. The van der Waals surface area contributed by atoms with Crippen LogP contribution < -0.4 is 0 Å². The van der Waals surface area contributed by atoms with Crippen LogP contribution in [0.2, 0.25) is 0 Å². The molecule has 0 amide bonds. The van der Waals surface area contributed by atoms with Gasteiger partial charge >= 0.3 is 0 Å². The number of unbranched alkanes of at least 4 members (excludes halogenated alkanes) is 3. The minimum absolute atomic E-state index is 0.00809. The first kappa shape index (κ1) is 16.1. The summed E-state index contributed by atoms with van der Waals surface area (Å²) in [6.45, 7) is 0. The highest BCUT2D eigenvalue weighted by Crippen LogP contribution is 2.30. The highest BCUT2D eigenvalue weighted by molar-refractivity contribution is 9.09. The Labute approximate surface area is 145 Å². The summed E-state index contributed by atoms with van der Waals surface area (Å²) in [7, 11) is 0. The third-order valence-electron chi connectivity index (χ3n) is 4.37. The van der Waals surface area contributed by atoms with Crippen LogP contribution in [-0.2, 0) is 6.42 Å². The maximum absolute atomic E-state index is 12.9. The van der Waals surface area contributed by atoms with Crippen molar-refractivity contribution in [2.45, 2.75) is 32.1 Å². The number of fused-ring (bicyclic) bond motifs is 2. The third-order valence-corrected chi connectivity index (χ3v) is 4.93. The SMILES string of the molecule is O=C1c2ccccc2C(=O)c2c(CCCCCCBr)cccc21. The Kier molecular flexibility index (Phi) is 5.06. The summed E-state index contributed by atoms with van der Waals surface area (Å²) in [5.41, 5.74) is 3.26. The van der Waals surface area contributed by atoms with E-state index in [9.17, 15) is 9.59 Å². The first-order valence-electron chi connectivity index (χ1n) is 8.10. The zero-order chi connectivity index (χ0) is 16.2. The quantitative estimate of drug-likeness (QED) is 0.453. The van der Waals surface area contributed by atoms with Gasteiger partial charge in [-0.3, -0.25) is 9.59 Å². The Morgan fingerprint density at radius 1 is 0.696 bits per heavy atom. The van der Waals surface area contributed by atoms with E-state index >= 15 is 0 Å². The van der Waals surface area contributed by atoms with Crippen molar-refractivity contribution in [2.24, 2.45) is 0 Å². The van der Waals surface area contributed by atoms with Gasteiger partial charge in [-0.05, 0) is 24.8 Å². The van der Waals surface area contributed by atoms with Gasteiger partial charge in [0.1, 0.15) is 0 Å². The fourth-order valence-corrected chi connectivity index (χ4v) is 3.58. The van der Waals surface area contributed by atoms with Crippen LogP contribution >= 0.6 is 15.9 Å². The largest absolute Gasteiger partial charge is 0.289 e. The lowest BCUT2D eigenvalue weighted by molar-refractivity contribution is 0.0978. The molecule has 0 heterocycles. The summed E-state index contributed by atoms with van der Waals surface area (Å²) in [6, 6.07) is 12.8. The lowest BCUT2D eigenvalue weighted by Gasteiger charge is -2.20. The van der Waals surface area contributed by atoms with Crippen LogP contribution in [0.25, 0.3) is 0 Å². The lowest BCUT2D eigenvalue weighted by atomic mass is 9.81. The van der Waals surface area contributed by atoms with Crippen molar-refractivity contribution >= 4 is 27.5 Å². The van der Waals surface area contributed by atoms with Gasteiger partial charge in [0.05, 0.1) is 0 Å². The Bertz CT molecular complexity index is 749. The van der Waals surface area contributed by atoms with Gasteiger partial charge in [0.2, 0.25) is 0 Å². The summed E-state index contributed by atoms with van der Waals surface area (Å²) in [5, 5.41) is 1.04. The number of rotatable bonds is 6. The van der Waals surface area contributed by atoms with E-state index in [0.717, 1.165) is 30.2 Å². The van der Waals surface area contributed by atoms with Crippen LogP contribution in [0.5, 0.6) is 0 Å². The molecule has 0 aliphatic heterocycles. The molecule has 0 saturated carbocycles. The van der Waals surface area contributed by atoms with Crippen molar-refractivity contribution in [2.75, 3.05) is 5.33 Å². The molecule has 1 aliphatic rings. The molecule has 0 N–H and O–H groups in total. The number of benzene rings is 2. The van der Waals surface area contributed by atoms with E-state index < -0.39 is 0 Å². The Balaban J connectivity index is 1.88. The highest BCUT2D eigenvalue weighted by atomic mass is 79.9. The smallest absolute Gasteiger partial charge is 0.194 e. The molecule has 2 nitrogen and oxygen atoms in total. The molecule has 0 fully saturated rings. The van der Waals surface area contributed by atoms with Gasteiger partial charge in [0.25, 0.3) is 0 Å². The topological polar surface area (TPSA) is 34.1 Å². The lowest BCUT2D eigenvalue weighted by Crippen LogP contribution is -2.22. The summed E-state index contributed by atoms with van der Waals surface area (Å²) >= 11 is 3.44. The summed E-state index contributed by atoms with van der Waals surface area (Å²) in [5.74, 6) is -0.0393. The summed E-state index contributed by atoms with van der Waals surface area (Å²) in [6.07, 6.45) is 5.42. The average Bonchev–Trinajstić information content (AvgIpc) is 2.59. The van der Waals surface area contributed by atoms with E-state index in [1.54, 1.807) is 18.2 Å². The first-order valence-corrected chi connectivity index (χ1v) is 9.22. The molecule has 1 aliphatic carbocycles. The Morgan fingerprint density at radius 3 is 2.09 bits per heavy atom. The predicted octanol–water partition coefficient (Wildman–Crippen LogP) is 4.96. The average molecular weight is 371 g/mol. The molecule has 0 atom stereocenters. The molecule has 0 bridgehead atoms. The van der Waals surface area contributed by atoms with Crippen LogP contribution in [0.4, 0.5) is 0 Å². The van der Waals surface area contributed by atoms with Crippen LogP contribution in [0.1, 0.15) is 63.1 Å². The van der Waals surface area contributed by atoms with Crippen LogP contribution in [-0.4, -0.2) is 16.9 Å². The van der Waals surface area contributed by atoms with Gasteiger partial charge < -0.3 is 0 Å². The molecule has 0 unspecified atom stereocenters. The van der Waals surface area contributed by atoms with Gasteiger partial charge in [-0.15, -0.1) is 0 Å². The van der Waals surface area contributed by atoms with Gasteiger partial charge in [-0.2, -0.15) is 0 Å². The number of aryl methyl sites for hydroxylation is 1. The van der Waals surface area contributed by atoms with Crippen molar-refractivity contribution in [3.05, 3.63) is 70.3 Å².